The Balaban J connectivity index is 1.64. The van der Waals surface area contributed by atoms with Gasteiger partial charge in [0.1, 0.15) is 12.6 Å². The molecule has 0 fully saturated rings. The number of hydrogen-bond donors (Lipinski definition) is 3. The Morgan fingerprint density at radius 1 is 1.00 bits per heavy atom. The highest BCUT2D eigenvalue weighted by Crippen LogP contribution is 2.44. The van der Waals surface area contributed by atoms with Crippen molar-refractivity contribution < 1.29 is 24.2 Å². The fourth-order valence-electron chi connectivity index (χ4n) is 4.37. The molecule has 0 saturated carbocycles. The Kier molecular flexibility index (Phi) is 9.39. The van der Waals surface area contributed by atoms with Crippen molar-refractivity contribution in [3.63, 3.8) is 0 Å². The number of carboxylic acid groups (broad SMARTS) is 1. The minimum Gasteiger partial charge on any atom is -0.481 e. The van der Waals surface area contributed by atoms with Gasteiger partial charge in [-0.3, -0.25) is 9.59 Å². The fourth-order valence-corrected chi connectivity index (χ4v) is 4.84. The van der Waals surface area contributed by atoms with Gasteiger partial charge in [0.15, 0.2) is 0 Å². The van der Waals surface area contributed by atoms with Gasteiger partial charge in [0.05, 0.1) is 6.42 Å². The zero-order chi connectivity index (χ0) is 24.5. The summed E-state index contributed by atoms with van der Waals surface area (Å²) >= 11 is 1.57. The molecule has 0 heterocycles. The van der Waals surface area contributed by atoms with Gasteiger partial charge in [-0.1, -0.05) is 61.9 Å². The summed E-state index contributed by atoms with van der Waals surface area (Å²) in [6.07, 6.45) is 2.83. The van der Waals surface area contributed by atoms with E-state index in [1.54, 1.807) is 11.8 Å². The van der Waals surface area contributed by atoms with Gasteiger partial charge in [-0.2, -0.15) is 11.8 Å². The molecule has 8 heteroatoms. The number of benzene rings is 2. The first-order valence-corrected chi connectivity index (χ1v) is 13.0. The summed E-state index contributed by atoms with van der Waals surface area (Å²) in [6.45, 7) is 2.09. The van der Waals surface area contributed by atoms with Crippen LogP contribution in [0.5, 0.6) is 0 Å². The molecule has 0 spiro atoms. The van der Waals surface area contributed by atoms with Gasteiger partial charge in [-0.25, -0.2) is 4.79 Å². The summed E-state index contributed by atoms with van der Waals surface area (Å²) < 4.78 is 5.59. The van der Waals surface area contributed by atoms with E-state index in [4.69, 9.17) is 9.84 Å². The lowest BCUT2D eigenvalue weighted by Crippen LogP contribution is -2.50. The molecular weight excluding hydrogens is 452 g/mol. The van der Waals surface area contributed by atoms with E-state index in [1.807, 2.05) is 49.6 Å². The summed E-state index contributed by atoms with van der Waals surface area (Å²) in [5.41, 5.74) is 4.52. The van der Waals surface area contributed by atoms with Crippen LogP contribution in [0.4, 0.5) is 4.79 Å². The molecule has 0 aromatic heterocycles. The number of carbonyl (C=O) groups excluding carboxylic acids is 2. The van der Waals surface area contributed by atoms with Crippen LogP contribution >= 0.6 is 11.8 Å². The molecule has 2 amide bonds. The number of amides is 2. The molecule has 2 atom stereocenters. The van der Waals surface area contributed by atoms with E-state index in [0.29, 0.717) is 18.6 Å². The average molecular weight is 485 g/mol. The van der Waals surface area contributed by atoms with Gasteiger partial charge in [0.2, 0.25) is 5.91 Å². The number of fused-ring (bicyclic) bond motifs is 3. The van der Waals surface area contributed by atoms with Crippen LogP contribution in [0, 0.1) is 0 Å². The van der Waals surface area contributed by atoms with E-state index < -0.39 is 24.1 Å². The predicted octanol–water partition coefficient (Wildman–Crippen LogP) is 4.41. The van der Waals surface area contributed by atoms with Crippen molar-refractivity contribution in [3.8, 4) is 11.1 Å². The molecule has 1 aliphatic carbocycles. The Hall–Kier alpha value is -3.00. The van der Waals surface area contributed by atoms with Gasteiger partial charge in [0, 0.05) is 12.0 Å². The van der Waals surface area contributed by atoms with Crippen molar-refractivity contribution in [1.29, 1.82) is 0 Å². The third-order valence-corrected chi connectivity index (χ3v) is 6.61. The first-order valence-electron chi connectivity index (χ1n) is 11.6. The molecule has 7 nitrogen and oxygen atoms in total. The number of rotatable bonds is 12. The third-order valence-electron chi connectivity index (χ3n) is 5.97. The highest BCUT2D eigenvalue weighted by molar-refractivity contribution is 7.98. The van der Waals surface area contributed by atoms with Gasteiger partial charge in [-0.05, 0) is 47.1 Å². The number of aliphatic carboxylic acids is 1. The number of hydrogen-bond acceptors (Lipinski definition) is 5. The number of ether oxygens (including phenoxy) is 1. The lowest BCUT2D eigenvalue weighted by Gasteiger charge is -2.22. The lowest BCUT2D eigenvalue weighted by molar-refractivity contribution is -0.137. The zero-order valence-corrected chi connectivity index (χ0v) is 20.4. The van der Waals surface area contributed by atoms with Crippen LogP contribution in [0.25, 0.3) is 11.1 Å². The van der Waals surface area contributed by atoms with Crippen LogP contribution in [0.15, 0.2) is 48.5 Å². The minimum absolute atomic E-state index is 0.0684. The van der Waals surface area contributed by atoms with Gasteiger partial charge in [-0.15, -0.1) is 0 Å². The van der Waals surface area contributed by atoms with Gasteiger partial charge >= 0.3 is 12.1 Å². The molecule has 0 aliphatic heterocycles. The minimum atomic E-state index is -0.969. The molecule has 2 unspecified atom stereocenters. The van der Waals surface area contributed by atoms with E-state index in [0.717, 1.165) is 28.7 Å². The Bertz CT molecular complexity index is 967. The van der Waals surface area contributed by atoms with Gasteiger partial charge in [0.25, 0.3) is 0 Å². The average Bonchev–Trinajstić information content (AvgIpc) is 3.14. The first-order chi connectivity index (χ1) is 16.4. The molecule has 2 aromatic carbocycles. The topological polar surface area (TPSA) is 105 Å². The van der Waals surface area contributed by atoms with Crippen LogP contribution in [0.3, 0.4) is 0 Å². The molecule has 0 radical (unpaired) electrons. The van der Waals surface area contributed by atoms with E-state index in [2.05, 4.69) is 22.8 Å². The Morgan fingerprint density at radius 3 is 2.18 bits per heavy atom. The molecule has 2 aromatic rings. The first kappa shape index (κ1) is 25.6. The van der Waals surface area contributed by atoms with Crippen molar-refractivity contribution in [1.82, 2.24) is 10.6 Å². The van der Waals surface area contributed by atoms with Crippen LogP contribution in [0.1, 0.15) is 49.7 Å². The summed E-state index contributed by atoms with van der Waals surface area (Å²) in [6, 6.07) is 14.9. The molecular formula is C26H32N2O5S. The third kappa shape index (κ3) is 6.53. The SMILES string of the molecule is CCCC(CC(=O)O)NC(=O)C(CCSC)NC(=O)OCC1c2ccccc2-c2ccccc21. The molecule has 34 heavy (non-hydrogen) atoms. The van der Waals surface area contributed by atoms with Crippen molar-refractivity contribution in [2.75, 3.05) is 18.6 Å². The maximum absolute atomic E-state index is 12.9. The standard InChI is InChI=1S/C26H32N2O5S/c1-3-8-17(15-24(29)30)27-25(31)23(13-14-34-2)28-26(32)33-16-22-20-11-6-4-9-18(20)19-10-5-7-12-21(19)22/h4-7,9-12,17,22-23H,3,8,13-16H2,1-2H3,(H,27,31)(H,28,32)(H,29,30). The van der Waals surface area contributed by atoms with Crippen LogP contribution in [0.2, 0.25) is 0 Å². The van der Waals surface area contributed by atoms with Crippen molar-refractivity contribution in [3.05, 3.63) is 59.7 Å². The van der Waals surface area contributed by atoms with E-state index >= 15 is 0 Å². The highest BCUT2D eigenvalue weighted by Gasteiger charge is 2.30. The smallest absolute Gasteiger partial charge is 0.407 e. The molecule has 0 saturated heterocycles. The molecule has 1 aliphatic rings. The van der Waals surface area contributed by atoms with Crippen molar-refractivity contribution >= 4 is 29.7 Å². The summed E-state index contributed by atoms with van der Waals surface area (Å²) in [5, 5.41) is 14.6. The maximum Gasteiger partial charge on any atom is 0.407 e. The molecule has 3 N–H and O–H groups in total. The molecule has 182 valence electrons. The van der Waals surface area contributed by atoms with Gasteiger partial charge < -0.3 is 20.5 Å². The monoisotopic (exact) mass is 484 g/mol. The van der Waals surface area contributed by atoms with Crippen molar-refractivity contribution in [2.45, 2.75) is 50.6 Å². The lowest BCUT2D eigenvalue weighted by atomic mass is 9.98. The van der Waals surface area contributed by atoms with E-state index in [1.165, 1.54) is 0 Å². The largest absolute Gasteiger partial charge is 0.481 e. The summed E-state index contributed by atoms with van der Waals surface area (Å²) in [4.78, 5) is 36.7. The number of alkyl carbamates (subject to hydrolysis) is 1. The van der Waals surface area contributed by atoms with Crippen LogP contribution in [-0.2, 0) is 14.3 Å². The number of thioether (sulfide) groups is 1. The second-order valence-corrected chi connectivity index (χ2v) is 9.38. The zero-order valence-electron chi connectivity index (χ0n) is 19.6. The van der Waals surface area contributed by atoms with Crippen molar-refractivity contribution in [2.24, 2.45) is 0 Å². The second kappa shape index (κ2) is 12.5. The maximum atomic E-state index is 12.9. The van der Waals surface area contributed by atoms with Crippen LogP contribution < -0.4 is 10.6 Å². The molecule has 0 bridgehead atoms. The summed E-state index contributed by atoms with van der Waals surface area (Å²) in [7, 11) is 0. The predicted molar refractivity (Wildman–Crippen MR) is 134 cm³/mol. The number of carbonyl (C=O) groups is 3. The van der Waals surface area contributed by atoms with E-state index in [-0.39, 0.29) is 24.9 Å². The fraction of sp³-hybridized carbons (Fsp3) is 0.423. The number of nitrogens with one attached hydrogen (secondary N) is 2. The Morgan fingerprint density at radius 2 is 1.62 bits per heavy atom. The van der Waals surface area contributed by atoms with E-state index in [9.17, 15) is 14.4 Å². The normalized spacial score (nSPS) is 13.9. The van der Waals surface area contributed by atoms with Crippen LogP contribution in [-0.4, -0.2) is 53.8 Å². The Labute approximate surface area is 204 Å². The molecule has 3 rings (SSSR count). The number of carboxylic acids is 1. The second-order valence-electron chi connectivity index (χ2n) is 8.40. The quantitative estimate of drug-likeness (QED) is 0.412. The summed E-state index contributed by atoms with van der Waals surface area (Å²) in [5.74, 6) is -0.758. The highest BCUT2D eigenvalue weighted by atomic mass is 32.2.